The van der Waals surface area contributed by atoms with Crippen molar-refractivity contribution < 1.29 is 4.79 Å². The lowest BCUT2D eigenvalue weighted by Gasteiger charge is -2.19. The number of nitrogens with zero attached hydrogens (tertiary/aromatic N) is 4. The van der Waals surface area contributed by atoms with Gasteiger partial charge in [-0.15, -0.1) is 0 Å². The van der Waals surface area contributed by atoms with Gasteiger partial charge in [-0.1, -0.05) is 56.8 Å². The van der Waals surface area contributed by atoms with Crippen molar-refractivity contribution in [2.24, 2.45) is 7.05 Å². The molecule has 0 fully saturated rings. The molecule has 1 atom stereocenters. The van der Waals surface area contributed by atoms with Crippen molar-refractivity contribution in [3.05, 3.63) is 47.9 Å². The van der Waals surface area contributed by atoms with E-state index in [1.54, 1.807) is 10.9 Å². The number of hydrogen-bond donors (Lipinski definition) is 0. The standard InChI is InChI=1S/C19H22N4OS/c1-12(16(24)13-6-8-14(9-7-13)19(2,3)4)25-18-15-10-22-23(5)17(15)20-11-21-18/h6-12H,1-5H3. The lowest BCUT2D eigenvalue weighted by Crippen LogP contribution is -2.15. The summed E-state index contributed by atoms with van der Waals surface area (Å²) >= 11 is 1.45. The van der Waals surface area contributed by atoms with Gasteiger partial charge in [0.2, 0.25) is 0 Å². The monoisotopic (exact) mass is 354 g/mol. The fourth-order valence-corrected chi connectivity index (χ4v) is 3.58. The number of carbonyl (C=O) groups is 1. The fraction of sp³-hybridized carbons (Fsp3) is 0.368. The van der Waals surface area contributed by atoms with Crippen LogP contribution in [0.5, 0.6) is 0 Å². The van der Waals surface area contributed by atoms with Crippen LogP contribution in [0, 0.1) is 0 Å². The molecule has 1 unspecified atom stereocenters. The van der Waals surface area contributed by atoms with Crippen LogP contribution >= 0.6 is 11.8 Å². The van der Waals surface area contributed by atoms with Crippen molar-refractivity contribution >= 4 is 28.6 Å². The molecule has 130 valence electrons. The van der Waals surface area contributed by atoms with Gasteiger partial charge in [-0.25, -0.2) is 9.97 Å². The number of fused-ring (bicyclic) bond motifs is 1. The van der Waals surface area contributed by atoms with E-state index in [0.29, 0.717) is 0 Å². The molecule has 0 N–H and O–H groups in total. The summed E-state index contributed by atoms with van der Waals surface area (Å²) < 4.78 is 1.71. The van der Waals surface area contributed by atoms with Gasteiger partial charge in [0.05, 0.1) is 16.8 Å². The number of thioether (sulfide) groups is 1. The lowest BCUT2D eigenvalue weighted by atomic mass is 9.86. The molecular weight excluding hydrogens is 332 g/mol. The molecule has 0 aliphatic carbocycles. The summed E-state index contributed by atoms with van der Waals surface area (Å²) in [4.78, 5) is 21.3. The molecule has 1 aromatic carbocycles. The van der Waals surface area contributed by atoms with E-state index in [0.717, 1.165) is 21.6 Å². The first kappa shape index (κ1) is 17.6. The van der Waals surface area contributed by atoms with Gasteiger partial charge in [-0.05, 0) is 17.9 Å². The zero-order valence-electron chi connectivity index (χ0n) is 15.1. The Morgan fingerprint density at radius 2 is 1.84 bits per heavy atom. The molecule has 25 heavy (non-hydrogen) atoms. The highest BCUT2D eigenvalue weighted by Gasteiger charge is 2.20. The van der Waals surface area contributed by atoms with Crippen LogP contribution in [0.3, 0.4) is 0 Å². The molecule has 5 nitrogen and oxygen atoms in total. The second kappa shape index (κ2) is 6.59. The van der Waals surface area contributed by atoms with Crippen LogP contribution in [0.25, 0.3) is 11.0 Å². The summed E-state index contributed by atoms with van der Waals surface area (Å²) in [5.74, 6) is 0.0983. The van der Waals surface area contributed by atoms with Crippen LogP contribution in [-0.4, -0.2) is 30.8 Å². The van der Waals surface area contributed by atoms with Crippen LogP contribution in [0.2, 0.25) is 0 Å². The normalized spacial score (nSPS) is 13.2. The smallest absolute Gasteiger partial charge is 0.175 e. The predicted octanol–water partition coefficient (Wildman–Crippen LogP) is 4.02. The SMILES string of the molecule is CC(Sc1ncnc2c1cnn2C)C(=O)c1ccc(C(C)(C)C)cc1. The minimum absolute atomic E-state index is 0.0782. The Balaban J connectivity index is 1.80. The van der Waals surface area contributed by atoms with Crippen LogP contribution in [-0.2, 0) is 12.5 Å². The first-order chi connectivity index (χ1) is 11.8. The van der Waals surface area contributed by atoms with Gasteiger partial charge in [0, 0.05) is 12.6 Å². The molecule has 0 amide bonds. The first-order valence-electron chi connectivity index (χ1n) is 8.21. The first-order valence-corrected chi connectivity index (χ1v) is 9.09. The minimum Gasteiger partial charge on any atom is -0.293 e. The fourth-order valence-electron chi connectivity index (χ4n) is 2.62. The number of ketones is 1. The quantitative estimate of drug-likeness (QED) is 0.402. The van der Waals surface area contributed by atoms with Crippen LogP contribution in [0.4, 0.5) is 0 Å². The van der Waals surface area contributed by atoms with E-state index in [-0.39, 0.29) is 16.4 Å². The number of carbonyl (C=O) groups excluding carboxylic acids is 1. The molecule has 0 bridgehead atoms. The Bertz CT molecular complexity index is 909. The molecule has 6 heteroatoms. The number of Topliss-reactive ketones (excluding diaryl/α,β-unsaturated/α-hetero) is 1. The number of aryl methyl sites for hydroxylation is 1. The zero-order chi connectivity index (χ0) is 18.2. The molecule has 2 aromatic heterocycles. The summed E-state index contributed by atoms with van der Waals surface area (Å²) in [6, 6.07) is 7.91. The lowest BCUT2D eigenvalue weighted by molar-refractivity contribution is 0.0994. The highest BCUT2D eigenvalue weighted by Crippen LogP contribution is 2.29. The van der Waals surface area contributed by atoms with Gasteiger partial charge < -0.3 is 0 Å². The third-order valence-corrected chi connectivity index (χ3v) is 5.30. The minimum atomic E-state index is -0.237. The highest BCUT2D eigenvalue weighted by atomic mass is 32.2. The van der Waals surface area contributed by atoms with Gasteiger partial charge >= 0.3 is 0 Å². The zero-order valence-corrected chi connectivity index (χ0v) is 16.0. The predicted molar refractivity (Wildman–Crippen MR) is 101 cm³/mol. The van der Waals surface area contributed by atoms with E-state index in [2.05, 4.69) is 35.8 Å². The van der Waals surface area contributed by atoms with Crippen molar-refractivity contribution in [2.75, 3.05) is 0 Å². The molecule has 3 rings (SSSR count). The van der Waals surface area contributed by atoms with Crippen molar-refractivity contribution in [3.8, 4) is 0 Å². The molecule has 0 aliphatic heterocycles. The van der Waals surface area contributed by atoms with Gasteiger partial charge in [-0.2, -0.15) is 5.10 Å². The third-order valence-electron chi connectivity index (χ3n) is 4.19. The summed E-state index contributed by atoms with van der Waals surface area (Å²) in [6.45, 7) is 8.40. The Kier molecular flexibility index (Phi) is 4.64. The Labute approximate surface area is 151 Å². The number of aromatic nitrogens is 4. The number of benzene rings is 1. The van der Waals surface area contributed by atoms with E-state index in [4.69, 9.17) is 0 Å². The third kappa shape index (κ3) is 3.58. The van der Waals surface area contributed by atoms with Crippen molar-refractivity contribution in [2.45, 2.75) is 43.4 Å². The molecule has 0 radical (unpaired) electrons. The Morgan fingerprint density at radius 1 is 1.16 bits per heavy atom. The molecule has 0 aliphatic rings. The molecule has 0 saturated carbocycles. The van der Waals surface area contributed by atoms with E-state index in [1.807, 2.05) is 38.2 Å². The maximum Gasteiger partial charge on any atom is 0.175 e. The second-order valence-corrected chi connectivity index (χ2v) is 8.47. The van der Waals surface area contributed by atoms with Crippen molar-refractivity contribution in [1.82, 2.24) is 19.7 Å². The average Bonchev–Trinajstić information content (AvgIpc) is 2.96. The topological polar surface area (TPSA) is 60.7 Å². The summed E-state index contributed by atoms with van der Waals surface area (Å²) in [5.41, 5.74) is 2.79. The maximum atomic E-state index is 12.8. The summed E-state index contributed by atoms with van der Waals surface area (Å²) in [7, 11) is 1.84. The second-order valence-electron chi connectivity index (χ2n) is 7.14. The molecule has 3 aromatic rings. The van der Waals surface area contributed by atoms with E-state index < -0.39 is 0 Å². The Hall–Kier alpha value is -2.21. The number of hydrogen-bond acceptors (Lipinski definition) is 5. The summed E-state index contributed by atoms with van der Waals surface area (Å²) in [6.07, 6.45) is 3.26. The van der Waals surface area contributed by atoms with Crippen molar-refractivity contribution in [3.63, 3.8) is 0 Å². The van der Waals surface area contributed by atoms with Gasteiger partial charge in [0.15, 0.2) is 11.4 Å². The van der Waals surface area contributed by atoms with E-state index in [1.165, 1.54) is 23.7 Å². The highest BCUT2D eigenvalue weighted by molar-refractivity contribution is 8.00. The average molecular weight is 354 g/mol. The Morgan fingerprint density at radius 3 is 2.48 bits per heavy atom. The van der Waals surface area contributed by atoms with E-state index >= 15 is 0 Å². The van der Waals surface area contributed by atoms with Gasteiger partial charge in [0.1, 0.15) is 11.4 Å². The van der Waals surface area contributed by atoms with Crippen molar-refractivity contribution in [1.29, 1.82) is 0 Å². The van der Waals surface area contributed by atoms with Crippen LogP contribution in [0.1, 0.15) is 43.6 Å². The van der Waals surface area contributed by atoms with E-state index in [9.17, 15) is 4.79 Å². The van der Waals surface area contributed by atoms with Gasteiger partial charge in [-0.3, -0.25) is 9.48 Å². The molecular formula is C19H22N4OS. The van der Waals surface area contributed by atoms with Crippen LogP contribution in [0.15, 0.2) is 41.8 Å². The molecule has 2 heterocycles. The maximum absolute atomic E-state index is 12.8. The molecule has 0 saturated heterocycles. The van der Waals surface area contributed by atoms with Gasteiger partial charge in [0.25, 0.3) is 0 Å². The largest absolute Gasteiger partial charge is 0.293 e. The summed E-state index contributed by atoms with van der Waals surface area (Å²) in [5, 5.41) is 5.63. The van der Waals surface area contributed by atoms with Crippen LogP contribution < -0.4 is 0 Å². The molecule has 0 spiro atoms. The number of rotatable bonds is 4.